The SMILES string of the molecule is CC(C)C(=O)N1CCC(c2nc(-c3cccnc3)cc(=O)[nH]2)CC1. The highest BCUT2D eigenvalue weighted by atomic mass is 16.2. The number of carbonyl (C=O) groups is 1. The van der Waals surface area contributed by atoms with E-state index in [1.165, 1.54) is 6.07 Å². The van der Waals surface area contributed by atoms with Crippen LogP contribution in [-0.4, -0.2) is 38.8 Å². The van der Waals surface area contributed by atoms with Gasteiger partial charge in [-0.2, -0.15) is 0 Å². The molecule has 6 nitrogen and oxygen atoms in total. The summed E-state index contributed by atoms with van der Waals surface area (Å²) in [5.74, 6) is 1.09. The molecule has 0 saturated carbocycles. The molecule has 1 aliphatic rings. The molecular formula is C18H22N4O2. The molecule has 3 heterocycles. The molecule has 6 heteroatoms. The highest BCUT2D eigenvalue weighted by molar-refractivity contribution is 5.78. The number of piperidine rings is 1. The van der Waals surface area contributed by atoms with Gasteiger partial charge in [-0.25, -0.2) is 4.98 Å². The van der Waals surface area contributed by atoms with Crippen LogP contribution in [0.3, 0.4) is 0 Å². The van der Waals surface area contributed by atoms with Gasteiger partial charge in [-0.1, -0.05) is 13.8 Å². The minimum Gasteiger partial charge on any atom is -0.342 e. The number of rotatable bonds is 3. The zero-order chi connectivity index (χ0) is 17.1. The molecule has 126 valence electrons. The predicted octanol–water partition coefficient (Wildman–Crippen LogP) is 2.19. The van der Waals surface area contributed by atoms with Crippen molar-refractivity contribution >= 4 is 5.91 Å². The van der Waals surface area contributed by atoms with E-state index >= 15 is 0 Å². The van der Waals surface area contributed by atoms with Crippen molar-refractivity contribution < 1.29 is 4.79 Å². The lowest BCUT2D eigenvalue weighted by atomic mass is 9.95. The fourth-order valence-electron chi connectivity index (χ4n) is 3.07. The molecule has 1 amide bonds. The van der Waals surface area contributed by atoms with Crippen LogP contribution >= 0.6 is 0 Å². The van der Waals surface area contributed by atoms with Crippen LogP contribution in [0.5, 0.6) is 0 Å². The fourth-order valence-corrected chi connectivity index (χ4v) is 3.07. The summed E-state index contributed by atoms with van der Waals surface area (Å²) in [6.07, 6.45) is 5.03. The Hall–Kier alpha value is -2.50. The van der Waals surface area contributed by atoms with E-state index in [0.717, 1.165) is 18.4 Å². The number of aromatic nitrogens is 3. The molecule has 0 bridgehead atoms. The largest absolute Gasteiger partial charge is 0.342 e. The zero-order valence-corrected chi connectivity index (χ0v) is 14.0. The Morgan fingerprint density at radius 3 is 2.71 bits per heavy atom. The first kappa shape index (κ1) is 16.4. The van der Waals surface area contributed by atoms with Gasteiger partial charge in [-0.05, 0) is 25.0 Å². The van der Waals surface area contributed by atoms with Crippen molar-refractivity contribution in [1.82, 2.24) is 19.9 Å². The van der Waals surface area contributed by atoms with E-state index in [1.807, 2.05) is 30.9 Å². The molecule has 0 atom stereocenters. The average molecular weight is 326 g/mol. The number of nitrogens with zero attached hydrogens (tertiary/aromatic N) is 3. The molecule has 24 heavy (non-hydrogen) atoms. The van der Waals surface area contributed by atoms with E-state index in [2.05, 4.69) is 15.0 Å². The first-order valence-electron chi connectivity index (χ1n) is 8.35. The van der Waals surface area contributed by atoms with Crippen LogP contribution in [0.25, 0.3) is 11.3 Å². The Balaban J connectivity index is 1.78. The van der Waals surface area contributed by atoms with Crippen LogP contribution in [0.15, 0.2) is 35.4 Å². The Kier molecular flexibility index (Phi) is 4.74. The third kappa shape index (κ3) is 3.53. The first-order chi connectivity index (χ1) is 11.5. The van der Waals surface area contributed by atoms with Crippen LogP contribution < -0.4 is 5.56 Å². The first-order valence-corrected chi connectivity index (χ1v) is 8.35. The van der Waals surface area contributed by atoms with E-state index in [4.69, 9.17) is 0 Å². The highest BCUT2D eigenvalue weighted by Gasteiger charge is 2.26. The van der Waals surface area contributed by atoms with Gasteiger partial charge in [-0.3, -0.25) is 14.6 Å². The summed E-state index contributed by atoms with van der Waals surface area (Å²) in [7, 11) is 0. The number of pyridine rings is 1. The molecule has 0 aliphatic carbocycles. The number of aromatic amines is 1. The van der Waals surface area contributed by atoms with Gasteiger partial charge in [0, 0.05) is 48.9 Å². The molecule has 0 spiro atoms. The number of hydrogen-bond donors (Lipinski definition) is 1. The van der Waals surface area contributed by atoms with Gasteiger partial charge >= 0.3 is 0 Å². The number of likely N-dealkylation sites (tertiary alicyclic amines) is 1. The second-order valence-electron chi connectivity index (χ2n) is 6.51. The fraction of sp³-hybridized carbons (Fsp3) is 0.444. The highest BCUT2D eigenvalue weighted by Crippen LogP contribution is 2.27. The minimum atomic E-state index is -0.153. The Morgan fingerprint density at radius 2 is 2.08 bits per heavy atom. The van der Waals surface area contributed by atoms with Gasteiger partial charge in [-0.15, -0.1) is 0 Å². The lowest BCUT2D eigenvalue weighted by Crippen LogP contribution is -2.40. The molecule has 1 aliphatic heterocycles. The maximum atomic E-state index is 12.1. The number of amides is 1. The number of carbonyl (C=O) groups excluding carboxylic acids is 1. The van der Waals surface area contributed by atoms with E-state index < -0.39 is 0 Å². The van der Waals surface area contributed by atoms with Crippen LogP contribution in [0.4, 0.5) is 0 Å². The van der Waals surface area contributed by atoms with Crippen molar-refractivity contribution in [1.29, 1.82) is 0 Å². The Labute approximate surface area is 141 Å². The van der Waals surface area contributed by atoms with Gasteiger partial charge < -0.3 is 9.88 Å². The second-order valence-corrected chi connectivity index (χ2v) is 6.51. The molecule has 2 aromatic rings. The van der Waals surface area contributed by atoms with Crippen LogP contribution in [0, 0.1) is 5.92 Å². The molecule has 0 radical (unpaired) electrons. The van der Waals surface area contributed by atoms with Gasteiger partial charge in [0.25, 0.3) is 5.56 Å². The molecule has 1 fully saturated rings. The van der Waals surface area contributed by atoms with Crippen LogP contribution in [-0.2, 0) is 4.79 Å². The third-order valence-corrected chi connectivity index (χ3v) is 4.40. The number of H-pyrrole nitrogens is 1. The lowest BCUT2D eigenvalue weighted by molar-refractivity contribution is -0.135. The Morgan fingerprint density at radius 1 is 1.33 bits per heavy atom. The Bertz CT molecular complexity index is 762. The summed E-state index contributed by atoms with van der Waals surface area (Å²) < 4.78 is 0. The smallest absolute Gasteiger partial charge is 0.251 e. The standard InChI is InChI=1S/C18H22N4O2/c1-12(2)18(24)22-8-5-13(6-9-22)17-20-15(10-16(23)21-17)14-4-3-7-19-11-14/h3-4,7,10-13H,5-6,8-9H2,1-2H3,(H,20,21,23). The molecule has 0 aromatic carbocycles. The van der Waals surface area contributed by atoms with E-state index in [-0.39, 0.29) is 23.3 Å². The van der Waals surface area contributed by atoms with E-state index in [9.17, 15) is 9.59 Å². The molecule has 1 N–H and O–H groups in total. The summed E-state index contributed by atoms with van der Waals surface area (Å²) >= 11 is 0. The van der Waals surface area contributed by atoms with Crippen molar-refractivity contribution in [2.75, 3.05) is 13.1 Å². The van der Waals surface area contributed by atoms with Crippen molar-refractivity contribution in [2.24, 2.45) is 5.92 Å². The van der Waals surface area contributed by atoms with Gasteiger partial charge in [0.2, 0.25) is 5.91 Å². The van der Waals surface area contributed by atoms with Crippen molar-refractivity contribution in [2.45, 2.75) is 32.6 Å². The predicted molar refractivity (Wildman–Crippen MR) is 91.5 cm³/mol. The number of nitrogens with one attached hydrogen (secondary N) is 1. The van der Waals surface area contributed by atoms with E-state index in [0.29, 0.717) is 24.6 Å². The summed E-state index contributed by atoms with van der Waals surface area (Å²) in [6.45, 7) is 5.26. The van der Waals surface area contributed by atoms with Gasteiger partial charge in [0.15, 0.2) is 0 Å². The monoisotopic (exact) mass is 326 g/mol. The lowest BCUT2D eigenvalue weighted by Gasteiger charge is -2.32. The van der Waals surface area contributed by atoms with Crippen molar-refractivity contribution in [3.8, 4) is 11.3 Å². The average Bonchev–Trinajstić information content (AvgIpc) is 2.61. The maximum absolute atomic E-state index is 12.1. The third-order valence-electron chi connectivity index (χ3n) is 4.40. The maximum Gasteiger partial charge on any atom is 0.251 e. The molecule has 2 aromatic heterocycles. The summed E-state index contributed by atoms with van der Waals surface area (Å²) in [6, 6.07) is 5.22. The van der Waals surface area contributed by atoms with Crippen molar-refractivity contribution in [3.05, 3.63) is 46.8 Å². The summed E-state index contributed by atoms with van der Waals surface area (Å²) in [5.41, 5.74) is 1.32. The molecule has 3 rings (SSSR count). The molecule has 0 unspecified atom stereocenters. The quantitative estimate of drug-likeness (QED) is 0.938. The molecule has 1 saturated heterocycles. The second kappa shape index (κ2) is 6.95. The summed E-state index contributed by atoms with van der Waals surface area (Å²) in [5, 5.41) is 0. The minimum absolute atomic E-state index is 0.0217. The zero-order valence-electron chi connectivity index (χ0n) is 14.0. The topological polar surface area (TPSA) is 79.0 Å². The van der Waals surface area contributed by atoms with Gasteiger partial charge in [0.1, 0.15) is 5.82 Å². The summed E-state index contributed by atoms with van der Waals surface area (Å²) in [4.78, 5) is 37.6. The van der Waals surface area contributed by atoms with Crippen LogP contribution in [0.2, 0.25) is 0 Å². The van der Waals surface area contributed by atoms with Gasteiger partial charge in [0.05, 0.1) is 5.69 Å². The van der Waals surface area contributed by atoms with E-state index in [1.54, 1.807) is 12.4 Å². The van der Waals surface area contributed by atoms with Crippen LogP contribution in [0.1, 0.15) is 38.4 Å². The molecular weight excluding hydrogens is 304 g/mol. The number of hydrogen-bond acceptors (Lipinski definition) is 4. The van der Waals surface area contributed by atoms with Crippen molar-refractivity contribution in [3.63, 3.8) is 0 Å². The normalized spacial score (nSPS) is 15.7.